The molecule has 0 radical (unpaired) electrons. The first kappa shape index (κ1) is 12.6. The number of rotatable bonds is 2. The number of carbonyl (C=O) groups excluding carboxylic acids is 1. The summed E-state index contributed by atoms with van der Waals surface area (Å²) in [5.74, 6) is -0.637. The number of aromatic nitrogens is 3. The Kier molecular flexibility index (Phi) is 3.08. The lowest BCUT2D eigenvalue weighted by Crippen LogP contribution is -2.13. The molecule has 18 heavy (non-hydrogen) atoms. The zero-order valence-corrected chi connectivity index (χ0v) is 11.4. The molecule has 0 saturated carbocycles. The summed E-state index contributed by atoms with van der Waals surface area (Å²) in [6.45, 7) is 3.56. The maximum Gasteiger partial charge on any atom is 0.271 e. The molecule has 0 bridgehead atoms. The van der Waals surface area contributed by atoms with Crippen LogP contribution in [0.25, 0.3) is 11.3 Å². The number of H-pyrrole nitrogens is 1. The average molecular weight is 311 g/mol. The Morgan fingerprint density at radius 3 is 2.72 bits per heavy atom. The summed E-state index contributed by atoms with van der Waals surface area (Å²) < 4.78 is 0.811. The molecule has 1 aromatic heterocycles. The summed E-state index contributed by atoms with van der Waals surface area (Å²) in [4.78, 5) is 11.3. The molecule has 0 atom stereocenters. The van der Waals surface area contributed by atoms with Gasteiger partial charge in [-0.3, -0.25) is 4.79 Å². The monoisotopic (exact) mass is 310 g/mol. The van der Waals surface area contributed by atoms with Crippen LogP contribution in [-0.4, -0.2) is 26.4 Å². The molecule has 4 N–H and O–H groups in total. The van der Waals surface area contributed by atoms with E-state index in [9.17, 15) is 9.90 Å². The highest BCUT2D eigenvalue weighted by Crippen LogP contribution is 2.38. The van der Waals surface area contributed by atoms with Crippen LogP contribution in [0.1, 0.15) is 21.6 Å². The molecular formula is C11H11BrN4O2. The number of primary amides is 1. The van der Waals surface area contributed by atoms with E-state index in [4.69, 9.17) is 5.73 Å². The standard InChI is InChI=1S/C11H11BrN4O2/c1-4-3-6(12)5(2)7(10(4)17)8-9(11(13)18)15-16-14-8/h3,17H,1-2H3,(H2,13,18)(H,14,15,16). The van der Waals surface area contributed by atoms with Gasteiger partial charge in [-0.1, -0.05) is 15.9 Å². The Morgan fingerprint density at radius 1 is 1.44 bits per heavy atom. The van der Waals surface area contributed by atoms with Crippen LogP contribution in [0.3, 0.4) is 0 Å². The SMILES string of the molecule is Cc1cc(Br)c(C)c(-c2n[nH]nc2C(N)=O)c1O. The molecule has 0 aliphatic heterocycles. The van der Waals surface area contributed by atoms with Crippen molar-refractivity contribution in [2.45, 2.75) is 13.8 Å². The predicted molar refractivity (Wildman–Crippen MR) is 69.2 cm³/mol. The van der Waals surface area contributed by atoms with Gasteiger partial charge in [0.15, 0.2) is 5.69 Å². The minimum Gasteiger partial charge on any atom is -0.507 e. The number of aromatic amines is 1. The number of phenolic OH excluding ortho intramolecular Hbond substituents is 1. The zero-order valence-electron chi connectivity index (χ0n) is 9.78. The van der Waals surface area contributed by atoms with Crippen molar-refractivity contribution in [3.05, 3.63) is 27.4 Å². The summed E-state index contributed by atoms with van der Waals surface area (Å²) >= 11 is 3.39. The number of nitrogens with zero attached hydrogens (tertiary/aromatic N) is 2. The number of hydrogen-bond donors (Lipinski definition) is 3. The second kappa shape index (κ2) is 4.41. The normalized spacial score (nSPS) is 10.6. The zero-order chi connectivity index (χ0) is 13.4. The fraction of sp³-hybridized carbons (Fsp3) is 0.182. The van der Waals surface area contributed by atoms with E-state index in [0.29, 0.717) is 11.1 Å². The molecule has 2 aromatic rings. The lowest BCUT2D eigenvalue weighted by atomic mass is 9.99. The average Bonchev–Trinajstić information content (AvgIpc) is 2.76. The molecular weight excluding hydrogens is 300 g/mol. The number of carbonyl (C=O) groups is 1. The molecule has 1 aromatic carbocycles. The molecule has 2 rings (SSSR count). The molecule has 0 saturated heterocycles. The maximum atomic E-state index is 11.3. The van der Waals surface area contributed by atoms with E-state index in [0.717, 1.165) is 10.0 Å². The van der Waals surface area contributed by atoms with Gasteiger partial charge in [0.2, 0.25) is 0 Å². The van der Waals surface area contributed by atoms with Gasteiger partial charge in [0, 0.05) is 4.47 Å². The molecule has 94 valence electrons. The summed E-state index contributed by atoms with van der Waals surface area (Å²) in [6.07, 6.45) is 0. The number of nitrogens with two attached hydrogens (primary N) is 1. The summed E-state index contributed by atoms with van der Waals surface area (Å²) in [5.41, 5.74) is 7.35. The van der Waals surface area contributed by atoms with E-state index in [1.807, 2.05) is 0 Å². The second-order valence-corrected chi connectivity index (χ2v) is 4.76. The Labute approximate surface area is 111 Å². The fourth-order valence-corrected chi connectivity index (χ4v) is 2.27. The van der Waals surface area contributed by atoms with Crippen molar-refractivity contribution in [1.29, 1.82) is 0 Å². The number of amides is 1. The van der Waals surface area contributed by atoms with Crippen molar-refractivity contribution in [3.63, 3.8) is 0 Å². The number of phenols is 1. The van der Waals surface area contributed by atoms with Gasteiger partial charge in [-0.25, -0.2) is 0 Å². The lowest BCUT2D eigenvalue weighted by molar-refractivity contribution is 0.0996. The third-order valence-corrected chi connectivity index (χ3v) is 3.53. The van der Waals surface area contributed by atoms with Gasteiger partial charge in [0.1, 0.15) is 11.4 Å². The molecule has 0 aliphatic rings. The quantitative estimate of drug-likeness (QED) is 0.784. The maximum absolute atomic E-state index is 11.3. The minimum atomic E-state index is -0.699. The number of nitrogens with one attached hydrogen (secondary N) is 1. The highest BCUT2D eigenvalue weighted by Gasteiger charge is 2.22. The summed E-state index contributed by atoms with van der Waals surface area (Å²) in [6, 6.07) is 1.79. The van der Waals surface area contributed by atoms with Crippen LogP contribution in [-0.2, 0) is 0 Å². The molecule has 0 fully saturated rings. The van der Waals surface area contributed by atoms with Crippen LogP contribution in [0.15, 0.2) is 10.5 Å². The molecule has 0 spiro atoms. The first-order chi connectivity index (χ1) is 8.43. The number of halogens is 1. The van der Waals surface area contributed by atoms with Crippen LogP contribution in [0, 0.1) is 13.8 Å². The molecule has 1 amide bonds. The van der Waals surface area contributed by atoms with Crippen molar-refractivity contribution < 1.29 is 9.90 Å². The number of hydrogen-bond acceptors (Lipinski definition) is 4. The van der Waals surface area contributed by atoms with Gasteiger partial charge in [0.05, 0.1) is 5.56 Å². The number of benzene rings is 1. The van der Waals surface area contributed by atoms with Crippen molar-refractivity contribution in [2.24, 2.45) is 5.73 Å². The van der Waals surface area contributed by atoms with Gasteiger partial charge in [-0.05, 0) is 31.0 Å². The highest BCUT2D eigenvalue weighted by atomic mass is 79.9. The van der Waals surface area contributed by atoms with E-state index >= 15 is 0 Å². The number of aryl methyl sites for hydroxylation is 1. The Hall–Kier alpha value is -1.89. The van der Waals surface area contributed by atoms with Crippen molar-refractivity contribution in [3.8, 4) is 17.0 Å². The summed E-state index contributed by atoms with van der Waals surface area (Å²) in [5, 5.41) is 20.1. The smallest absolute Gasteiger partial charge is 0.271 e. The van der Waals surface area contributed by atoms with Crippen LogP contribution in [0.5, 0.6) is 5.75 Å². The fourth-order valence-electron chi connectivity index (χ4n) is 1.73. The van der Waals surface area contributed by atoms with E-state index in [-0.39, 0.29) is 17.1 Å². The van der Waals surface area contributed by atoms with Crippen LogP contribution >= 0.6 is 15.9 Å². The molecule has 0 unspecified atom stereocenters. The minimum absolute atomic E-state index is 0.00546. The second-order valence-electron chi connectivity index (χ2n) is 3.91. The Balaban J connectivity index is 2.79. The molecule has 7 heteroatoms. The molecule has 1 heterocycles. The van der Waals surface area contributed by atoms with E-state index in [2.05, 4.69) is 31.3 Å². The van der Waals surface area contributed by atoms with E-state index in [1.165, 1.54) is 0 Å². The van der Waals surface area contributed by atoms with Crippen LogP contribution in [0.2, 0.25) is 0 Å². The third-order valence-electron chi connectivity index (χ3n) is 2.70. The molecule has 0 aliphatic carbocycles. The van der Waals surface area contributed by atoms with Crippen LogP contribution in [0.4, 0.5) is 0 Å². The van der Waals surface area contributed by atoms with Gasteiger partial charge >= 0.3 is 0 Å². The summed E-state index contributed by atoms with van der Waals surface area (Å²) in [7, 11) is 0. The molecule has 6 nitrogen and oxygen atoms in total. The Morgan fingerprint density at radius 2 is 2.11 bits per heavy atom. The van der Waals surface area contributed by atoms with Gasteiger partial charge < -0.3 is 10.8 Å². The predicted octanol–water partition coefficient (Wildman–Crippen LogP) is 1.66. The highest BCUT2D eigenvalue weighted by molar-refractivity contribution is 9.10. The Bertz CT molecular complexity index is 610. The van der Waals surface area contributed by atoms with Gasteiger partial charge in [-0.2, -0.15) is 15.4 Å². The third kappa shape index (κ3) is 1.86. The number of aromatic hydroxyl groups is 1. The van der Waals surface area contributed by atoms with Gasteiger partial charge in [0.25, 0.3) is 5.91 Å². The van der Waals surface area contributed by atoms with Crippen LogP contribution < -0.4 is 5.73 Å². The van der Waals surface area contributed by atoms with E-state index < -0.39 is 5.91 Å². The first-order valence-electron chi connectivity index (χ1n) is 5.13. The lowest BCUT2D eigenvalue weighted by Gasteiger charge is -2.11. The van der Waals surface area contributed by atoms with Crippen molar-refractivity contribution in [1.82, 2.24) is 15.4 Å². The van der Waals surface area contributed by atoms with Crippen molar-refractivity contribution >= 4 is 21.8 Å². The van der Waals surface area contributed by atoms with E-state index in [1.54, 1.807) is 19.9 Å². The first-order valence-corrected chi connectivity index (χ1v) is 5.92. The topological polar surface area (TPSA) is 105 Å². The largest absolute Gasteiger partial charge is 0.507 e. The van der Waals surface area contributed by atoms with Crippen molar-refractivity contribution in [2.75, 3.05) is 0 Å². The van der Waals surface area contributed by atoms with Gasteiger partial charge in [-0.15, -0.1) is 0 Å².